The first-order valence-electron chi connectivity index (χ1n) is 6.24. The Morgan fingerprint density at radius 1 is 1.33 bits per heavy atom. The van der Waals surface area contributed by atoms with Crippen molar-refractivity contribution in [3.63, 3.8) is 0 Å². The third-order valence-electron chi connectivity index (χ3n) is 3.05. The molecule has 2 unspecified atom stereocenters. The van der Waals surface area contributed by atoms with E-state index in [1.165, 1.54) is 0 Å². The summed E-state index contributed by atoms with van der Waals surface area (Å²) in [4.78, 5) is 0. The summed E-state index contributed by atoms with van der Waals surface area (Å²) in [6.07, 6.45) is 0.975. The van der Waals surface area contributed by atoms with Crippen LogP contribution in [-0.4, -0.2) is 32.0 Å². The number of rotatable bonds is 7. The second-order valence-electron chi connectivity index (χ2n) is 4.37. The highest BCUT2D eigenvalue weighted by atomic mass is 16.5. The molecule has 0 aliphatic rings. The van der Waals surface area contributed by atoms with E-state index in [1.807, 2.05) is 13.0 Å². The molecule has 18 heavy (non-hydrogen) atoms. The van der Waals surface area contributed by atoms with Gasteiger partial charge in [0.1, 0.15) is 11.5 Å². The minimum atomic E-state index is 0.0419. The summed E-state index contributed by atoms with van der Waals surface area (Å²) in [7, 11) is 3.31. The van der Waals surface area contributed by atoms with Crippen LogP contribution in [-0.2, 0) is 4.74 Å². The lowest BCUT2D eigenvalue weighted by Crippen LogP contribution is -2.34. The lowest BCUT2D eigenvalue weighted by Gasteiger charge is -2.23. The van der Waals surface area contributed by atoms with Gasteiger partial charge in [-0.1, -0.05) is 6.92 Å². The van der Waals surface area contributed by atoms with Crippen molar-refractivity contribution in [2.75, 3.05) is 20.8 Å². The molecular formula is C14H23NO3. The quantitative estimate of drug-likeness (QED) is 0.784. The third kappa shape index (κ3) is 3.89. The van der Waals surface area contributed by atoms with Gasteiger partial charge in [0.2, 0.25) is 0 Å². The Kier molecular flexibility index (Phi) is 5.95. The standard InChI is InChI=1S/C14H23NO3/c1-5-11(9-17-3)15-10(2)13-8-12(18-4)6-7-14(13)16/h6-8,10-11,15-16H,5,9H2,1-4H3. The molecular weight excluding hydrogens is 230 g/mol. The van der Waals surface area contributed by atoms with Crippen LogP contribution in [0.2, 0.25) is 0 Å². The number of ether oxygens (including phenoxy) is 2. The molecule has 4 heteroatoms. The highest BCUT2D eigenvalue weighted by molar-refractivity contribution is 5.41. The number of methoxy groups -OCH3 is 2. The fraction of sp³-hybridized carbons (Fsp3) is 0.571. The summed E-state index contributed by atoms with van der Waals surface area (Å²) in [6.45, 7) is 4.78. The zero-order valence-electron chi connectivity index (χ0n) is 11.6. The second-order valence-corrected chi connectivity index (χ2v) is 4.37. The van der Waals surface area contributed by atoms with E-state index in [9.17, 15) is 5.11 Å². The lowest BCUT2D eigenvalue weighted by atomic mass is 10.1. The van der Waals surface area contributed by atoms with Crippen LogP contribution >= 0.6 is 0 Å². The highest BCUT2D eigenvalue weighted by Crippen LogP contribution is 2.28. The first kappa shape index (κ1) is 14.8. The Labute approximate surface area is 109 Å². The minimum Gasteiger partial charge on any atom is -0.508 e. The van der Waals surface area contributed by atoms with Crippen LogP contribution in [0.25, 0.3) is 0 Å². The monoisotopic (exact) mass is 253 g/mol. The number of phenolic OH excluding ortho intramolecular Hbond substituents is 1. The van der Waals surface area contributed by atoms with Gasteiger partial charge in [0.15, 0.2) is 0 Å². The van der Waals surface area contributed by atoms with Crippen molar-refractivity contribution in [1.29, 1.82) is 0 Å². The summed E-state index contributed by atoms with van der Waals surface area (Å²) >= 11 is 0. The van der Waals surface area contributed by atoms with E-state index in [1.54, 1.807) is 26.4 Å². The van der Waals surface area contributed by atoms with Crippen LogP contribution in [0.4, 0.5) is 0 Å². The van der Waals surface area contributed by atoms with E-state index in [2.05, 4.69) is 12.2 Å². The van der Waals surface area contributed by atoms with E-state index in [0.717, 1.165) is 17.7 Å². The average molecular weight is 253 g/mol. The van der Waals surface area contributed by atoms with Gasteiger partial charge in [0, 0.05) is 24.8 Å². The molecule has 0 aliphatic heterocycles. The minimum absolute atomic E-state index is 0.0419. The predicted octanol–water partition coefficient (Wildman–Crippen LogP) is 2.48. The van der Waals surface area contributed by atoms with Gasteiger partial charge >= 0.3 is 0 Å². The largest absolute Gasteiger partial charge is 0.508 e. The van der Waals surface area contributed by atoms with Crippen molar-refractivity contribution >= 4 is 0 Å². The molecule has 4 nitrogen and oxygen atoms in total. The maximum Gasteiger partial charge on any atom is 0.120 e. The Balaban J connectivity index is 2.78. The molecule has 1 rings (SSSR count). The summed E-state index contributed by atoms with van der Waals surface area (Å²) in [5.74, 6) is 1.03. The summed E-state index contributed by atoms with van der Waals surface area (Å²) in [5.41, 5.74) is 0.837. The molecule has 0 aliphatic carbocycles. The topological polar surface area (TPSA) is 50.7 Å². The van der Waals surface area contributed by atoms with Crippen molar-refractivity contribution in [3.05, 3.63) is 23.8 Å². The fourth-order valence-corrected chi connectivity index (χ4v) is 1.93. The van der Waals surface area contributed by atoms with E-state index >= 15 is 0 Å². The van der Waals surface area contributed by atoms with Gasteiger partial charge < -0.3 is 19.9 Å². The van der Waals surface area contributed by atoms with Crippen LogP contribution in [0, 0.1) is 0 Å². The predicted molar refractivity (Wildman–Crippen MR) is 72.2 cm³/mol. The van der Waals surface area contributed by atoms with Crippen LogP contribution in [0.5, 0.6) is 11.5 Å². The van der Waals surface area contributed by atoms with Crippen LogP contribution in [0.3, 0.4) is 0 Å². The molecule has 1 aromatic carbocycles. The van der Waals surface area contributed by atoms with E-state index in [0.29, 0.717) is 6.61 Å². The molecule has 1 aromatic rings. The Morgan fingerprint density at radius 3 is 2.61 bits per heavy atom. The molecule has 0 amide bonds. The molecule has 0 saturated heterocycles. The van der Waals surface area contributed by atoms with Crippen molar-refractivity contribution in [1.82, 2.24) is 5.32 Å². The summed E-state index contributed by atoms with van der Waals surface area (Å²) < 4.78 is 10.3. The van der Waals surface area contributed by atoms with Gasteiger partial charge in [0.05, 0.1) is 13.7 Å². The number of hydrogen-bond donors (Lipinski definition) is 2. The van der Waals surface area contributed by atoms with Gasteiger partial charge in [-0.2, -0.15) is 0 Å². The molecule has 0 aromatic heterocycles. The molecule has 0 radical (unpaired) electrons. The normalized spacial score (nSPS) is 14.2. The van der Waals surface area contributed by atoms with Crippen molar-refractivity contribution < 1.29 is 14.6 Å². The smallest absolute Gasteiger partial charge is 0.120 e. The number of aromatic hydroxyl groups is 1. The van der Waals surface area contributed by atoms with Crippen LogP contribution in [0.1, 0.15) is 31.9 Å². The Bertz CT molecular complexity index is 368. The zero-order valence-corrected chi connectivity index (χ0v) is 11.6. The van der Waals surface area contributed by atoms with Gasteiger partial charge in [-0.25, -0.2) is 0 Å². The maximum absolute atomic E-state index is 9.89. The Morgan fingerprint density at radius 2 is 2.06 bits per heavy atom. The Hall–Kier alpha value is -1.26. The SMILES string of the molecule is CCC(COC)NC(C)c1cc(OC)ccc1O. The van der Waals surface area contributed by atoms with Crippen LogP contribution < -0.4 is 10.1 Å². The van der Waals surface area contributed by atoms with Crippen molar-refractivity contribution in [2.45, 2.75) is 32.4 Å². The number of nitrogens with one attached hydrogen (secondary N) is 1. The number of phenols is 1. The van der Waals surface area contributed by atoms with E-state index in [-0.39, 0.29) is 17.8 Å². The van der Waals surface area contributed by atoms with Crippen molar-refractivity contribution in [3.8, 4) is 11.5 Å². The van der Waals surface area contributed by atoms with Gasteiger partial charge in [-0.3, -0.25) is 0 Å². The van der Waals surface area contributed by atoms with Gasteiger partial charge in [-0.05, 0) is 31.5 Å². The molecule has 0 saturated carbocycles. The zero-order chi connectivity index (χ0) is 13.5. The first-order valence-corrected chi connectivity index (χ1v) is 6.24. The molecule has 2 N–H and O–H groups in total. The van der Waals surface area contributed by atoms with Gasteiger partial charge in [0.25, 0.3) is 0 Å². The number of benzene rings is 1. The van der Waals surface area contributed by atoms with Crippen molar-refractivity contribution in [2.24, 2.45) is 0 Å². The summed E-state index contributed by atoms with van der Waals surface area (Å²) in [5, 5.41) is 13.3. The van der Waals surface area contributed by atoms with Gasteiger partial charge in [-0.15, -0.1) is 0 Å². The number of hydrogen-bond acceptors (Lipinski definition) is 4. The fourth-order valence-electron chi connectivity index (χ4n) is 1.93. The maximum atomic E-state index is 9.89. The molecule has 2 atom stereocenters. The molecule has 0 spiro atoms. The van der Waals surface area contributed by atoms with E-state index < -0.39 is 0 Å². The third-order valence-corrected chi connectivity index (χ3v) is 3.05. The van der Waals surface area contributed by atoms with Crippen LogP contribution in [0.15, 0.2) is 18.2 Å². The average Bonchev–Trinajstić information content (AvgIpc) is 2.38. The first-order chi connectivity index (χ1) is 8.62. The summed E-state index contributed by atoms with van der Waals surface area (Å²) in [6, 6.07) is 5.57. The molecule has 0 bridgehead atoms. The van der Waals surface area contributed by atoms with E-state index in [4.69, 9.17) is 9.47 Å². The molecule has 0 heterocycles. The highest BCUT2D eigenvalue weighted by Gasteiger charge is 2.15. The second kappa shape index (κ2) is 7.24. The lowest BCUT2D eigenvalue weighted by molar-refractivity contribution is 0.159. The molecule has 0 fully saturated rings. The molecule has 102 valence electrons.